The van der Waals surface area contributed by atoms with Crippen molar-refractivity contribution in [2.24, 2.45) is 0 Å². The Morgan fingerprint density at radius 2 is 1.62 bits per heavy atom. The first kappa shape index (κ1) is 17.5. The van der Waals surface area contributed by atoms with Gasteiger partial charge in [-0.1, -0.05) is 43.2 Å². The standard InChI is InChI=1S/C19H26N2O2S/c22-18(16-6-2-1-3-7-16)14-24-15-19(23)21-12-10-20(11-13-21)17-8-4-5-9-17/h1-3,6-7,17H,4-5,8-15H2. The number of rotatable bonds is 6. The molecule has 1 aliphatic carbocycles. The van der Waals surface area contributed by atoms with Crippen LogP contribution in [0.5, 0.6) is 0 Å². The summed E-state index contributed by atoms with van der Waals surface area (Å²) in [4.78, 5) is 28.9. The normalized spacial score (nSPS) is 19.6. The summed E-state index contributed by atoms with van der Waals surface area (Å²) in [5.74, 6) is 1.05. The van der Waals surface area contributed by atoms with E-state index in [2.05, 4.69) is 4.90 Å². The lowest BCUT2D eigenvalue weighted by Crippen LogP contribution is -2.51. The van der Waals surface area contributed by atoms with E-state index in [1.807, 2.05) is 35.2 Å². The molecule has 2 aliphatic rings. The maximum atomic E-state index is 12.3. The summed E-state index contributed by atoms with van der Waals surface area (Å²) < 4.78 is 0. The summed E-state index contributed by atoms with van der Waals surface area (Å²) in [7, 11) is 0. The van der Waals surface area contributed by atoms with Gasteiger partial charge in [0.15, 0.2) is 5.78 Å². The van der Waals surface area contributed by atoms with Crippen LogP contribution in [0.3, 0.4) is 0 Å². The highest BCUT2D eigenvalue weighted by molar-refractivity contribution is 8.00. The molecule has 0 spiro atoms. The Bertz CT molecular complexity index is 550. The van der Waals surface area contributed by atoms with Crippen molar-refractivity contribution in [2.45, 2.75) is 31.7 Å². The van der Waals surface area contributed by atoms with Crippen molar-refractivity contribution in [3.63, 3.8) is 0 Å². The Kier molecular flexibility index (Phi) is 6.32. The van der Waals surface area contributed by atoms with Crippen LogP contribution in [0.4, 0.5) is 0 Å². The first-order chi connectivity index (χ1) is 11.7. The quantitative estimate of drug-likeness (QED) is 0.743. The minimum absolute atomic E-state index is 0.0967. The van der Waals surface area contributed by atoms with E-state index in [9.17, 15) is 9.59 Å². The molecule has 1 saturated heterocycles. The Balaban J connectivity index is 1.36. The van der Waals surface area contributed by atoms with E-state index in [0.29, 0.717) is 11.5 Å². The monoisotopic (exact) mass is 346 g/mol. The summed E-state index contributed by atoms with van der Waals surface area (Å²) in [6, 6.07) is 10.0. The van der Waals surface area contributed by atoms with E-state index < -0.39 is 0 Å². The number of nitrogens with zero attached hydrogens (tertiary/aromatic N) is 2. The number of hydrogen-bond acceptors (Lipinski definition) is 4. The third-order valence-electron chi connectivity index (χ3n) is 5.06. The van der Waals surface area contributed by atoms with Gasteiger partial charge in [0.1, 0.15) is 0 Å². The lowest BCUT2D eigenvalue weighted by atomic mass is 10.2. The number of Topliss-reactive ketones (excluding diaryl/α,β-unsaturated/α-hetero) is 1. The first-order valence-electron chi connectivity index (χ1n) is 8.92. The van der Waals surface area contributed by atoms with Crippen molar-refractivity contribution in [2.75, 3.05) is 37.7 Å². The van der Waals surface area contributed by atoms with Gasteiger partial charge < -0.3 is 4.90 Å². The van der Waals surface area contributed by atoms with Gasteiger partial charge in [0.25, 0.3) is 0 Å². The highest BCUT2D eigenvalue weighted by Crippen LogP contribution is 2.24. The molecule has 0 aromatic heterocycles. The Labute approximate surface area is 148 Å². The number of benzene rings is 1. The summed E-state index contributed by atoms with van der Waals surface area (Å²) in [5.41, 5.74) is 0.725. The number of ketones is 1. The van der Waals surface area contributed by atoms with Crippen LogP contribution in [0.25, 0.3) is 0 Å². The molecule has 3 rings (SSSR count). The lowest BCUT2D eigenvalue weighted by molar-refractivity contribution is -0.130. The molecule has 5 heteroatoms. The second-order valence-corrected chi connectivity index (χ2v) is 7.62. The number of amides is 1. The summed E-state index contributed by atoms with van der Waals surface area (Å²) in [6.45, 7) is 3.68. The molecule has 1 saturated carbocycles. The number of carbonyl (C=O) groups excluding carboxylic acids is 2. The second kappa shape index (κ2) is 8.67. The largest absolute Gasteiger partial charge is 0.339 e. The number of carbonyl (C=O) groups is 2. The van der Waals surface area contributed by atoms with Gasteiger partial charge in [0.2, 0.25) is 5.91 Å². The van der Waals surface area contributed by atoms with Crippen LogP contribution >= 0.6 is 11.8 Å². The molecule has 2 fully saturated rings. The van der Waals surface area contributed by atoms with Gasteiger partial charge in [-0.15, -0.1) is 11.8 Å². The Hall–Kier alpha value is -1.33. The van der Waals surface area contributed by atoms with Gasteiger partial charge in [0.05, 0.1) is 11.5 Å². The maximum absolute atomic E-state index is 12.3. The molecule has 1 aromatic rings. The lowest BCUT2D eigenvalue weighted by Gasteiger charge is -2.38. The fourth-order valence-corrected chi connectivity index (χ4v) is 4.45. The Morgan fingerprint density at radius 1 is 0.958 bits per heavy atom. The van der Waals surface area contributed by atoms with E-state index in [4.69, 9.17) is 0 Å². The molecule has 1 amide bonds. The maximum Gasteiger partial charge on any atom is 0.232 e. The fourth-order valence-electron chi connectivity index (χ4n) is 3.64. The molecule has 0 bridgehead atoms. The molecule has 0 radical (unpaired) electrons. The number of hydrogen-bond donors (Lipinski definition) is 0. The molecule has 24 heavy (non-hydrogen) atoms. The molecule has 4 nitrogen and oxygen atoms in total. The summed E-state index contributed by atoms with van der Waals surface area (Å²) in [5, 5.41) is 0. The molecule has 130 valence electrons. The molecular formula is C19H26N2O2S. The third-order valence-corrected chi connectivity index (χ3v) is 5.98. The average molecular weight is 346 g/mol. The van der Waals surface area contributed by atoms with Gasteiger partial charge in [0, 0.05) is 37.8 Å². The minimum Gasteiger partial charge on any atom is -0.339 e. The number of piperazine rings is 1. The van der Waals surface area contributed by atoms with Crippen molar-refractivity contribution in [3.05, 3.63) is 35.9 Å². The molecule has 0 N–H and O–H groups in total. The summed E-state index contributed by atoms with van der Waals surface area (Å²) >= 11 is 1.43. The predicted octanol–water partition coefficient (Wildman–Crippen LogP) is 2.69. The highest BCUT2D eigenvalue weighted by Gasteiger charge is 2.27. The van der Waals surface area contributed by atoms with E-state index in [0.717, 1.165) is 37.8 Å². The molecule has 1 aliphatic heterocycles. The molecule has 0 unspecified atom stereocenters. The van der Waals surface area contributed by atoms with Crippen LogP contribution in [-0.2, 0) is 4.79 Å². The molecular weight excluding hydrogens is 320 g/mol. The van der Waals surface area contributed by atoms with Crippen LogP contribution < -0.4 is 0 Å². The molecule has 1 aromatic carbocycles. The van der Waals surface area contributed by atoms with Gasteiger partial charge in [-0.05, 0) is 12.8 Å². The Morgan fingerprint density at radius 3 is 2.29 bits per heavy atom. The summed E-state index contributed by atoms with van der Waals surface area (Å²) in [6.07, 6.45) is 5.36. The average Bonchev–Trinajstić information content (AvgIpc) is 3.17. The zero-order valence-electron chi connectivity index (χ0n) is 14.2. The van der Waals surface area contributed by atoms with Crippen LogP contribution in [0.2, 0.25) is 0 Å². The van der Waals surface area contributed by atoms with Crippen molar-refractivity contribution in [1.29, 1.82) is 0 Å². The van der Waals surface area contributed by atoms with Crippen LogP contribution in [0, 0.1) is 0 Å². The van der Waals surface area contributed by atoms with E-state index in [1.54, 1.807) is 0 Å². The topological polar surface area (TPSA) is 40.6 Å². The van der Waals surface area contributed by atoms with Gasteiger partial charge in [-0.2, -0.15) is 0 Å². The van der Waals surface area contributed by atoms with Crippen molar-refractivity contribution >= 4 is 23.5 Å². The smallest absolute Gasteiger partial charge is 0.232 e. The van der Waals surface area contributed by atoms with Gasteiger partial charge in [-0.25, -0.2) is 0 Å². The minimum atomic E-state index is 0.0967. The zero-order valence-corrected chi connectivity index (χ0v) is 15.0. The van der Waals surface area contributed by atoms with E-state index in [1.165, 1.54) is 37.4 Å². The third kappa shape index (κ3) is 4.61. The van der Waals surface area contributed by atoms with Crippen LogP contribution in [-0.4, -0.2) is 65.2 Å². The van der Waals surface area contributed by atoms with Crippen LogP contribution in [0.1, 0.15) is 36.0 Å². The van der Waals surface area contributed by atoms with Crippen molar-refractivity contribution < 1.29 is 9.59 Å². The highest BCUT2D eigenvalue weighted by atomic mass is 32.2. The van der Waals surface area contributed by atoms with Gasteiger partial charge in [-0.3, -0.25) is 14.5 Å². The first-order valence-corrected chi connectivity index (χ1v) is 10.1. The predicted molar refractivity (Wildman–Crippen MR) is 98.5 cm³/mol. The van der Waals surface area contributed by atoms with E-state index in [-0.39, 0.29) is 11.7 Å². The molecule has 1 heterocycles. The van der Waals surface area contributed by atoms with Crippen LogP contribution in [0.15, 0.2) is 30.3 Å². The van der Waals surface area contributed by atoms with Gasteiger partial charge >= 0.3 is 0 Å². The molecule has 0 atom stereocenters. The van der Waals surface area contributed by atoms with Crippen molar-refractivity contribution in [3.8, 4) is 0 Å². The number of thioether (sulfide) groups is 1. The fraction of sp³-hybridized carbons (Fsp3) is 0.579. The zero-order chi connectivity index (χ0) is 16.8. The SMILES string of the molecule is O=C(CSCC(=O)N1CCN(C2CCCC2)CC1)c1ccccc1. The van der Waals surface area contributed by atoms with Crippen molar-refractivity contribution in [1.82, 2.24) is 9.80 Å². The second-order valence-electron chi connectivity index (χ2n) is 6.64. The van der Waals surface area contributed by atoms with E-state index >= 15 is 0 Å².